The van der Waals surface area contributed by atoms with Gasteiger partial charge in [0.2, 0.25) is 0 Å². The third-order valence-corrected chi connectivity index (χ3v) is 7.54. The molecule has 2 atom stereocenters. The first kappa shape index (κ1) is 21.7. The number of nitrogens with zero attached hydrogens (tertiary/aromatic N) is 4. The number of benzene rings is 1. The standard InChI is InChI=1S/C19H21F2N5O3S2/c1-25-15(6-7-24-25)12-4-2-3-5-16(12)29-17-8-14(21)18(9-13(17)20)31(27,28)26(22)19-10-30-11-23-19/h6-12,16H,2-5,22H2,1H3/t12-,16+/m1/s1. The molecule has 2 N–H and O–H groups in total. The Kier molecular flexibility index (Phi) is 5.95. The van der Waals surface area contributed by atoms with Crippen LogP contribution in [0.4, 0.5) is 14.6 Å². The summed E-state index contributed by atoms with van der Waals surface area (Å²) >= 11 is 1.12. The van der Waals surface area contributed by atoms with Crippen LogP contribution in [0.3, 0.4) is 0 Å². The number of halogens is 2. The van der Waals surface area contributed by atoms with E-state index in [0.717, 1.165) is 42.4 Å². The van der Waals surface area contributed by atoms with Crippen molar-refractivity contribution in [3.63, 3.8) is 0 Å². The molecule has 0 amide bonds. The van der Waals surface area contributed by atoms with Gasteiger partial charge in [-0.1, -0.05) is 6.42 Å². The molecule has 8 nitrogen and oxygen atoms in total. The van der Waals surface area contributed by atoms with E-state index in [1.165, 1.54) is 10.9 Å². The fraction of sp³-hybridized carbons (Fsp3) is 0.368. The van der Waals surface area contributed by atoms with Crippen LogP contribution in [0.15, 0.2) is 40.2 Å². The van der Waals surface area contributed by atoms with Gasteiger partial charge in [-0.15, -0.1) is 11.3 Å². The molecular weight excluding hydrogens is 448 g/mol. The Labute approximate surface area is 182 Å². The first-order chi connectivity index (χ1) is 14.8. The van der Waals surface area contributed by atoms with Crippen LogP contribution >= 0.6 is 11.3 Å². The number of hydrogen-bond donors (Lipinski definition) is 1. The van der Waals surface area contributed by atoms with Gasteiger partial charge in [-0.25, -0.2) is 19.6 Å². The Hall–Kier alpha value is -2.57. The molecule has 0 bridgehead atoms. The molecule has 2 heterocycles. The number of ether oxygens (including phenoxy) is 1. The zero-order valence-corrected chi connectivity index (χ0v) is 18.2. The first-order valence-electron chi connectivity index (χ1n) is 9.61. The number of aromatic nitrogens is 3. The molecule has 3 aromatic rings. The Morgan fingerprint density at radius 2 is 2.03 bits per heavy atom. The molecule has 1 aliphatic rings. The largest absolute Gasteiger partial charge is 0.487 e. The molecule has 1 aromatic carbocycles. The number of hydrogen-bond acceptors (Lipinski definition) is 7. The monoisotopic (exact) mass is 469 g/mol. The summed E-state index contributed by atoms with van der Waals surface area (Å²) < 4.78 is 62.8. The minimum Gasteiger partial charge on any atom is -0.487 e. The summed E-state index contributed by atoms with van der Waals surface area (Å²) in [5.41, 5.74) is 2.33. The lowest BCUT2D eigenvalue weighted by molar-refractivity contribution is 0.120. The number of thiazole rings is 1. The predicted octanol–water partition coefficient (Wildman–Crippen LogP) is 3.33. The fourth-order valence-corrected chi connectivity index (χ4v) is 5.54. The molecule has 0 spiro atoms. The summed E-state index contributed by atoms with van der Waals surface area (Å²) in [5, 5.41) is 5.56. The number of rotatable bonds is 6. The van der Waals surface area contributed by atoms with E-state index in [1.807, 2.05) is 13.1 Å². The summed E-state index contributed by atoms with van der Waals surface area (Å²) in [6, 6.07) is 3.23. The topological polar surface area (TPSA) is 103 Å². The number of hydrazine groups is 1. The molecule has 166 valence electrons. The van der Waals surface area contributed by atoms with Gasteiger partial charge in [0.05, 0.1) is 5.51 Å². The van der Waals surface area contributed by atoms with Gasteiger partial charge < -0.3 is 4.74 Å². The molecular formula is C19H21F2N5O3S2. The van der Waals surface area contributed by atoms with Crippen molar-refractivity contribution in [2.24, 2.45) is 12.9 Å². The maximum atomic E-state index is 14.8. The van der Waals surface area contributed by atoms with E-state index in [4.69, 9.17) is 10.6 Å². The molecule has 1 fully saturated rings. The molecule has 0 radical (unpaired) electrons. The van der Waals surface area contributed by atoms with Gasteiger partial charge in [0, 0.05) is 42.4 Å². The van der Waals surface area contributed by atoms with Crippen LogP contribution in [0, 0.1) is 11.6 Å². The second-order valence-corrected chi connectivity index (χ2v) is 9.79. The predicted molar refractivity (Wildman–Crippen MR) is 111 cm³/mol. The van der Waals surface area contributed by atoms with E-state index in [0.29, 0.717) is 16.9 Å². The van der Waals surface area contributed by atoms with E-state index < -0.39 is 26.6 Å². The van der Waals surface area contributed by atoms with Crippen LogP contribution < -0.4 is 15.0 Å². The summed E-state index contributed by atoms with van der Waals surface area (Å²) in [7, 11) is -2.72. The number of anilines is 1. The summed E-state index contributed by atoms with van der Waals surface area (Å²) in [6.45, 7) is 0. The third kappa shape index (κ3) is 4.14. The van der Waals surface area contributed by atoms with Gasteiger partial charge in [0.25, 0.3) is 10.0 Å². The third-order valence-electron chi connectivity index (χ3n) is 5.39. The van der Waals surface area contributed by atoms with Crippen LogP contribution in [0.2, 0.25) is 0 Å². The summed E-state index contributed by atoms with van der Waals surface area (Å²) in [4.78, 5) is 2.90. The van der Waals surface area contributed by atoms with Gasteiger partial charge in [-0.2, -0.15) is 17.9 Å². The fourth-order valence-electron chi connectivity index (χ4n) is 3.83. The maximum Gasteiger partial charge on any atom is 0.282 e. The molecule has 4 rings (SSSR count). The van der Waals surface area contributed by atoms with Crippen LogP contribution in [-0.4, -0.2) is 29.3 Å². The Morgan fingerprint density at radius 1 is 1.26 bits per heavy atom. The molecule has 1 aliphatic carbocycles. The van der Waals surface area contributed by atoms with Crippen molar-refractivity contribution < 1.29 is 21.9 Å². The highest BCUT2D eigenvalue weighted by molar-refractivity contribution is 7.92. The number of aryl methyl sites for hydroxylation is 1. The smallest absolute Gasteiger partial charge is 0.282 e. The second-order valence-electron chi connectivity index (χ2n) is 7.29. The van der Waals surface area contributed by atoms with E-state index in [1.54, 1.807) is 10.9 Å². The highest BCUT2D eigenvalue weighted by atomic mass is 32.2. The number of nitrogens with two attached hydrogens (primary N) is 1. The molecule has 1 saturated carbocycles. The van der Waals surface area contributed by atoms with Crippen LogP contribution in [0.5, 0.6) is 5.75 Å². The highest BCUT2D eigenvalue weighted by Gasteiger charge is 2.33. The summed E-state index contributed by atoms with van der Waals surface area (Å²) in [5.74, 6) is 3.00. The molecule has 0 aliphatic heterocycles. The van der Waals surface area contributed by atoms with Crippen molar-refractivity contribution in [1.29, 1.82) is 0 Å². The summed E-state index contributed by atoms with van der Waals surface area (Å²) in [6.07, 6.45) is 4.68. The Bertz CT molecular complexity index is 1170. The van der Waals surface area contributed by atoms with Crippen molar-refractivity contribution in [3.05, 3.63) is 52.6 Å². The molecule has 12 heteroatoms. The minimum atomic E-state index is -4.54. The first-order valence-corrected chi connectivity index (χ1v) is 12.0. The van der Waals surface area contributed by atoms with E-state index >= 15 is 0 Å². The van der Waals surface area contributed by atoms with Crippen molar-refractivity contribution >= 4 is 27.2 Å². The molecule has 2 aromatic heterocycles. The van der Waals surface area contributed by atoms with Gasteiger partial charge in [-0.05, 0) is 25.3 Å². The average Bonchev–Trinajstić information content (AvgIpc) is 3.42. The van der Waals surface area contributed by atoms with Crippen LogP contribution in [-0.2, 0) is 17.1 Å². The minimum absolute atomic E-state index is 0.0312. The van der Waals surface area contributed by atoms with Crippen LogP contribution in [0.25, 0.3) is 0 Å². The van der Waals surface area contributed by atoms with Gasteiger partial charge in [-0.3, -0.25) is 4.68 Å². The SMILES string of the molecule is Cn1nccc1[C@H]1CCCC[C@@H]1Oc1cc(F)c(S(=O)(=O)N(N)c2cscn2)cc1F. The quantitative estimate of drug-likeness (QED) is 0.439. The highest BCUT2D eigenvalue weighted by Crippen LogP contribution is 2.37. The van der Waals surface area contributed by atoms with E-state index in [-0.39, 0.29) is 23.6 Å². The van der Waals surface area contributed by atoms with Crippen molar-refractivity contribution in [2.45, 2.75) is 42.6 Å². The van der Waals surface area contributed by atoms with Crippen molar-refractivity contribution in [1.82, 2.24) is 14.8 Å². The lowest BCUT2D eigenvalue weighted by Crippen LogP contribution is -2.38. The normalized spacial score (nSPS) is 19.4. The zero-order chi connectivity index (χ0) is 22.2. The molecule has 0 unspecified atom stereocenters. The molecule has 0 saturated heterocycles. The van der Waals surface area contributed by atoms with Crippen molar-refractivity contribution in [3.8, 4) is 5.75 Å². The Balaban J connectivity index is 1.62. The number of sulfonamides is 1. The van der Waals surface area contributed by atoms with Gasteiger partial charge in [0.1, 0.15) is 16.8 Å². The second kappa shape index (κ2) is 8.52. The Morgan fingerprint density at radius 3 is 2.71 bits per heavy atom. The van der Waals surface area contributed by atoms with Crippen LogP contribution in [0.1, 0.15) is 37.3 Å². The molecule has 31 heavy (non-hydrogen) atoms. The zero-order valence-electron chi connectivity index (χ0n) is 16.6. The van der Waals surface area contributed by atoms with E-state index in [2.05, 4.69) is 10.1 Å². The van der Waals surface area contributed by atoms with E-state index in [9.17, 15) is 17.2 Å². The lowest BCUT2D eigenvalue weighted by Gasteiger charge is -2.32. The van der Waals surface area contributed by atoms with Crippen molar-refractivity contribution in [2.75, 3.05) is 4.41 Å². The van der Waals surface area contributed by atoms with Gasteiger partial charge >= 0.3 is 0 Å². The van der Waals surface area contributed by atoms with Gasteiger partial charge in [0.15, 0.2) is 17.4 Å². The average molecular weight is 470 g/mol. The lowest BCUT2D eigenvalue weighted by atomic mass is 9.84. The maximum absolute atomic E-state index is 14.8.